The molecular formula is C28H33FS. The molecule has 0 atom stereocenters. The maximum atomic E-state index is 14.5. The molecule has 0 N–H and O–H groups in total. The van der Waals surface area contributed by atoms with Crippen LogP contribution in [0.4, 0.5) is 4.39 Å². The monoisotopic (exact) mass is 420 g/mol. The summed E-state index contributed by atoms with van der Waals surface area (Å²) in [5.74, 6) is -0.207. The standard InChI is InChI=1S/C28H33FS/c1-7-10-24-17-26(18-25(21(24)6)13-12-20(5)30)22(8-2)16-23(9-3)27-15-19(4)11-14-28(27)29/h8-9,11,14-18H,2,7,10,12-13H2,1,3-6H3/b22-16+,23-9+. The molecule has 0 aromatic heterocycles. The first-order chi connectivity index (χ1) is 14.3. The molecule has 0 aliphatic carbocycles. The van der Waals surface area contributed by atoms with Gasteiger partial charge in [-0.25, -0.2) is 4.39 Å². The highest BCUT2D eigenvalue weighted by Crippen LogP contribution is 2.29. The molecule has 0 saturated carbocycles. The number of allylic oxidation sites excluding steroid dienone is 5. The van der Waals surface area contributed by atoms with E-state index >= 15 is 0 Å². The van der Waals surface area contributed by atoms with Gasteiger partial charge in [-0.1, -0.05) is 68.1 Å². The van der Waals surface area contributed by atoms with Gasteiger partial charge >= 0.3 is 0 Å². The molecule has 2 aromatic carbocycles. The van der Waals surface area contributed by atoms with Crippen LogP contribution in [0.5, 0.6) is 0 Å². The summed E-state index contributed by atoms with van der Waals surface area (Å²) in [7, 11) is 0. The molecule has 0 spiro atoms. The van der Waals surface area contributed by atoms with Crippen LogP contribution in [0.15, 0.2) is 55.1 Å². The van der Waals surface area contributed by atoms with Crippen LogP contribution in [-0.4, -0.2) is 4.86 Å². The Labute approximate surface area is 187 Å². The number of hydrogen-bond donors (Lipinski definition) is 0. The van der Waals surface area contributed by atoms with Crippen LogP contribution < -0.4 is 0 Å². The van der Waals surface area contributed by atoms with E-state index in [2.05, 4.69) is 32.6 Å². The lowest BCUT2D eigenvalue weighted by atomic mass is 9.89. The highest BCUT2D eigenvalue weighted by atomic mass is 32.1. The minimum Gasteiger partial charge on any atom is -0.206 e. The van der Waals surface area contributed by atoms with Gasteiger partial charge in [0.05, 0.1) is 0 Å². The topological polar surface area (TPSA) is 0 Å². The zero-order valence-corrected chi connectivity index (χ0v) is 19.8. The second kappa shape index (κ2) is 11.2. The minimum atomic E-state index is -0.207. The third-order valence-corrected chi connectivity index (χ3v) is 5.70. The number of hydrogen-bond acceptors (Lipinski definition) is 1. The molecule has 2 rings (SSSR count). The van der Waals surface area contributed by atoms with Gasteiger partial charge in [-0.3, -0.25) is 0 Å². The summed E-state index contributed by atoms with van der Waals surface area (Å²) in [5, 5.41) is 0. The van der Waals surface area contributed by atoms with Crippen molar-refractivity contribution in [2.75, 3.05) is 0 Å². The Hall–Kier alpha value is -2.32. The highest BCUT2D eigenvalue weighted by molar-refractivity contribution is 7.80. The normalized spacial score (nSPS) is 12.2. The average Bonchev–Trinajstić information content (AvgIpc) is 2.71. The van der Waals surface area contributed by atoms with Crippen molar-refractivity contribution in [1.82, 2.24) is 0 Å². The Morgan fingerprint density at radius 2 is 1.73 bits per heavy atom. The van der Waals surface area contributed by atoms with Gasteiger partial charge in [0, 0.05) is 5.56 Å². The number of benzene rings is 2. The van der Waals surface area contributed by atoms with Crippen LogP contribution in [0.1, 0.15) is 67.0 Å². The van der Waals surface area contributed by atoms with Crippen molar-refractivity contribution in [2.45, 2.75) is 60.3 Å². The SMILES string of the molecule is C=C/C(=C\C(=C/C)c1cc(C)ccc1F)c1cc(CCC)c(C)c(CCC(C)=S)c1. The molecule has 0 aliphatic heterocycles. The maximum Gasteiger partial charge on any atom is 0.131 e. The van der Waals surface area contributed by atoms with Gasteiger partial charge in [0.2, 0.25) is 0 Å². The average molecular weight is 421 g/mol. The van der Waals surface area contributed by atoms with Gasteiger partial charge in [0.25, 0.3) is 0 Å². The van der Waals surface area contributed by atoms with Crippen LogP contribution in [0.3, 0.4) is 0 Å². The zero-order chi connectivity index (χ0) is 22.3. The number of rotatable bonds is 9. The van der Waals surface area contributed by atoms with Gasteiger partial charge in [0.1, 0.15) is 5.82 Å². The summed E-state index contributed by atoms with van der Waals surface area (Å²) >= 11 is 5.31. The van der Waals surface area contributed by atoms with E-state index in [9.17, 15) is 4.39 Å². The van der Waals surface area contributed by atoms with Crippen LogP contribution in [0, 0.1) is 19.7 Å². The maximum absolute atomic E-state index is 14.5. The lowest BCUT2D eigenvalue weighted by Gasteiger charge is -2.16. The second-order valence-electron chi connectivity index (χ2n) is 7.90. The Bertz CT molecular complexity index is 992. The summed E-state index contributed by atoms with van der Waals surface area (Å²) in [6, 6.07) is 9.74. The third-order valence-electron chi connectivity index (χ3n) is 5.50. The lowest BCUT2D eigenvalue weighted by molar-refractivity contribution is 0.624. The first kappa shape index (κ1) is 24.0. The van der Waals surface area contributed by atoms with Crippen molar-refractivity contribution in [2.24, 2.45) is 0 Å². The Morgan fingerprint density at radius 3 is 2.30 bits per heavy atom. The van der Waals surface area contributed by atoms with Gasteiger partial charge in [-0.05, 0) is 103 Å². The zero-order valence-electron chi connectivity index (χ0n) is 18.9. The summed E-state index contributed by atoms with van der Waals surface area (Å²) in [6.07, 6.45) is 9.85. The van der Waals surface area contributed by atoms with Crippen LogP contribution in [0.25, 0.3) is 11.1 Å². The van der Waals surface area contributed by atoms with Crippen molar-refractivity contribution in [1.29, 1.82) is 0 Å². The molecule has 0 saturated heterocycles. The summed E-state index contributed by atoms with van der Waals surface area (Å²) in [4.78, 5) is 1.03. The Morgan fingerprint density at radius 1 is 1.07 bits per heavy atom. The molecule has 30 heavy (non-hydrogen) atoms. The van der Waals surface area contributed by atoms with E-state index in [-0.39, 0.29) is 5.82 Å². The quantitative estimate of drug-likeness (QED) is 0.290. The van der Waals surface area contributed by atoms with Crippen molar-refractivity contribution < 1.29 is 4.39 Å². The molecular weight excluding hydrogens is 387 g/mol. The van der Waals surface area contributed by atoms with Gasteiger partial charge in [-0.15, -0.1) is 0 Å². The van der Waals surface area contributed by atoms with Crippen molar-refractivity contribution in [3.05, 3.63) is 94.3 Å². The van der Waals surface area contributed by atoms with E-state index in [1.165, 1.54) is 22.8 Å². The molecule has 158 valence electrons. The van der Waals surface area contributed by atoms with E-state index in [4.69, 9.17) is 12.2 Å². The lowest BCUT2D eigenvalue weighted by Crippen LogP contribution is -2.01. The predicted octanol–water partition coefficient (Wildman–Crippen LogP) is 8.39. The van der Waals surface area contributed by atoms with E-state index in [1.807, 2.05) is 45.1 Å². The van der Waals surface area contributed by atoms with Gasteiger partial charge < -0.3 is 0 Å². The highest BCUT2D eigenvalue weighted by Gasteiger charge is 2.11. The molecule has 0 fully saturated rings. The number of thiocarbonyl (C=S) groups is 1. The molecule has 0 heterocycles. The molecule has 0 amide bonds. The molecule has 0 unspecified atom stereocenters. The minimum absolute atomic E-state index is 0.207. The molecule has 0 radical (unpaired) electrons. The molecule has 2 heteroatoms. The fourth-order valence-electron chi connectivity index (χ4n) is 3.71. The number of aryl methyl sites for hydroxylation is 3. The fraction of sp³-hybridized carbons (Fsp3) is 0.321. The van der Waals surface area contributed by atoms with Crippen molar-refractivity contribution >= 4 is 28.2 Å². The van der Waals surface area contributed by atoms with Gasteiger partial charge in [-0.2, -0.15) is 0 Å². The van der Waals surface area contributed by atoms with Crippen molar-refractivity contribution in [3.8, 4) is 0 Å². The second-order valence-corrected chi connectivity index (χ2v) is 8.60. The van der Waals surface area contributed by atoms with Crippen LogP contribution >= 0.6 is 12.2 Å². The summed E-state index contributed by atoms with van der Waals surface area (Å²) < 4.78 is 14.5. The Kier molecular flexibility index (Phi) is 8.92. The summed E-state index contributed by atoms with van der Waals surface area (Å²) in [5.41, 5.74) is 8.70. The first-order valence-electron chi connectivity index (χ1n) is 10.7. The summed E-state index contributed by atoms with van der Waals surface area (Å²) in [6.45, 7) is 14.4. The molecule has 0 bridgehead atoms. The van der Waals surface area contributed by atoms with Crippen LogP contribution in [0.2, 0.25) is 0 Å². The number of halogens is 1. The predicted molar refractivity (Wildman–Crippen MR) is 135 cm³/mol. The van der Waals surface area contributed by atoms with Crippen molar-refractivity contribution in [3.63, 3.8) is 0 Å². The van der Waals surface area contributed by atoms with E-state index in [1.54, 1.807) is 6.07 Å². The fourth-order valence-corrected chi connectivity index (χ4v) is 3.81. The first-order valence-corrected chi connectivity index (χ1v) is 11.1. The molecule has 0 nitrogen and oxygen atoms in total. The molecule has 0 aliphatic rings. The smallest absolute Gasteiger partial charge is 0.131 e. The molecule has 2 aromatic rings. The van der Waals surface area contributed by atoms with Crippen LogP contribution in [-0.2, 0) is 12.8 Å². The van der Waals surface area contributed by atoms with Gasteiger partial charge in [0.15, 0.2) is 0 Å². The van der Waals surface area contributed by atoms with E-state index in [0.717, 1.165) is 52.8 Å². The van der Waals surface area contributed by atoms with E-state index < -0.39 is 0 Å². The largest absolute Gasteiger partial charge is 0.206 e. The Balaban J connectivity index is 2.58. The van der Waals surface area contributed by atoms with E-state index in [0.29, 0.717) is 5.56 Å². The third kappa shape index (κ3) is 6.09.